The molecule has 1 aliphatic rings. The van der Waals surface area contributed by atoms with Gasteiger partial charge in [0, 0.05) is 0 Å². The second-order valence-electron chi connectivity index (χ2n) is 3.52. The van der Waals surface area contributed by atoms with Gasteiger partial charge in [0.05, 0.1) is 12.4 Å². The highest BCUT2D eigenvalue weighted by Gasteiger charge is 2.13. The van der Waals surface area contributed by atoms with Crippen molar-refractivity contribution in [3.63, 3.8) is 0 Å². The van der Waals surface area contributed by atoms with E-state index in [-0.39, 0.29) is 0 Å². The van der Waals surface area contributed by atoms with Crippen LogP contribution in [0.4, 0.5) is 0 Å². The zero-order chi connectivity index (χ0) is 8.10. The fourth-order valence-electron chi connectivity index (χ4n) is 1.61. The van der Waals surface area contributed by atoms with Gasteiger partial charge in [0.1, 0.15) is 0 Å². The molecule has 0 aromatic rings. The molecule has 0 atom stereocenters. The van der Waals surface area contributed by atoms with Crippen LogP contribution in [-0.4, -0.2) is 6.61 Å². The van der Waals surface area contributed by atoms with Crippen molar-refractivity contribution >= 4 is 0 Å². The lowest BCUT2D eigenvalue weighted by molar-refractivity contribution is 0.144. The molecule has 64 valence electrons. The van der Waals surface area contributed by atoms with Gasteiger partial charge in [0.25, 0.3) is 0 Å². The summed E-state index contributed by atoms with van der Waals surface area (Å²) in [5.74, 6) is 1.66. The number of ether oxygens (including phenoxy) is 1. The minimum Gasteiger partial charge on any atom is -0.499 e. The van der Waals surface area contributed by atoms with E-state index in [1.54, 1.807) is 0 Å². The van der Waals surface area contributed by atoms with Gasteiger partial charge in [-0.25, -0.2) is 0 Å². The van der Waals surface area contributed by atoms with Crippen LogP contribution in [0.5, 0.6) is 0 Å². The van der Waals surface area contributed by atoms with E-state index < -0.39 is 0 Å². The van der Waals surface area contributed by atoms with E-state index in [1.807, 2.05) is 6.92 Å². The smallest absolute Gasteiger partial charge is 0.0905 e. The minimum absolute atomic E-state index is 0.806. The first-order chi connectivity index (χ1) is 5.29. The standard InChI is InChI=1S/C10H18O/c1-9(2)11-8-10-6-4-3-5-7-10/h10H,1,3-8H2,2H3. The molecule has 1 fully saturated rings. The Kier molecular flexibility index (Phi) is 3.47. The minimum atomic E-state index is 0.806. The van der Waals surface area contributed by atoms with Crippen LogP contribution in [-0.2, 0) is 4.74 Å². The molecule has 1 rings (SSSR count). The van der Waals surface area contributed by atoms with Crippen molar-refractivity contribution in [1.29, 1.82) is 0 Å². The predicted octanol–water partition coefficient (Wildman–Crippen LogP) is 3.12. The van der Waals surface area contributed by atoms with Gasteiger partial charge in [-0.1, -0.05) is 25.8 Å². The van der Waals surface area contributed by atoms with Gasteiger partial charge in [-0.3, -0.25) is 0 Å². The van der Waals surface area contributed by atoms with E-state index in [1.165, 1.54) is 32.1 Å². The van der Waals surface area contributed by atoms with Crippen molar-refractivity contribution in [1.82, 2.24) is 0 Å². The molecule has 1 saturated carbocycles. The monoisotopic (exact) mass is 154 g/mol. The molecule has 0 aromatic heterocycles. The Morgan fingerprint density at radius 2 is 2.00 bits per heavy atom. The highest BCUT2D eigenvalue weighted by atomic mass is 16.5. The summed E-state index contributed by atoms with van der Waals surface area (Å²) in [7, 11) is 0. The van der Waals surface area contributed by atoms with Crippen LogP contribution in [0.15, 0.2) is 12.3 Å². The normalized spacial score (nSPS) is 19.7. The maximum Gasteiger partial charge on any atom is 0.0905 e. The van der Waals surface area contributed by atoms with Gasteiger partial charge in [0.2, 0.25) is 0 Å². The van der Waals surface area contributed by atoms with Gasteiger partial charge in [-0.05, 0) is 25.7 Å². The van der Waals surface area contributed by atoms with E-state index in [9.17, 15) is 0 Å². The van der Waals surface area contributed by atoms with Crippen molar-refractivity contribution in [2.75, 3.05) is 6.61 Å². The second kappa shape index (κ2) is 4.42. The van der Waals surface area contributed by atoms with Gasteiger partial charge in [-0.15, -0.1) is 0 Å². The van der Waals surface area contributed by atoms with Crippen LogP contribution in [0.25, 0.3) is 0 Å². The lowest BCUT2D eigenvalue weighted by Gasteiger charge is -2.21. The molecule has 0 aromatic carbocycles. The lowest BCUT2D eigenvalue weighted by Crippen LogP contribution is -2.12. The quantitative estimate of drug-likeness (QED) is 0.567. The van der Waals surface area contributed by atoms with E-state index >= 15 is 0 Å². The second-order valence-corrected chi connectivity index (χ2v) is 3.52. The molecule has 0 heterocycles. The summed E-state index contributed by atoms with van der Waals surface area (Å²) in [5.41, 5.74) is 0. The summed E-state index contributed by atoms with van der Waals surface area (Å²) in [6, 6.07) is 0. The first-order valence-electron chi connectivity index (χ1n) is 4.57. The van der Waals surface area contributed by atoms with Gasteiger partial charge >= 0.3 is 0 Å². The lowest BCUT2D eigenvalue weighted by atomic mass is 9.90. The molecule has 1 nitrogen and oxygen atoms in total. The van der Waals surface area contributed by atoms with Crippen molar-refractivity contribution in [2.45, 2.75) is 39.0 Å². The highest BCUT2D eigenvalue weighted by molar-refractivity contribution is 4.75. The third-order valence-corrected chi connectivity index (χ3v) is 2.29. The van der Waals surface area contributed by atoms with Gasteiger partial charge in [0.15, 0.2) is 0 Å². The van der Waals surface area contributed by atoms with Crippen molar-refractivity contribution in [3.05, 3.63) is 12.3 Å². The molecular weight excluding hydrogens is 136 g/mol. The van der Waals surface area contributed by atoms with E-state index in [4.69, 9.17) is 4.74 Å². The summed E-state index contributed by atoms with van der Waals surface area (Å²) >= 11 is 0. The molecule has 0 N–H and O–H groups in total. The Hall–Kier alpha value is -0.460. The van der Waals surface area contributed by atoms with Crippen LogP contribution in [0.1, 0.15) is 39.0 Å². The van der Waals surface area contributed by atoms with Crippen LogP contribution in [0, 0.1) is 5.92 Å². The van der Waals surface area contributed by atoms with E-state index in [0.29, 0.717) is 0 Å². The van der Waals surface area contributed by atoms with Gasteiger partial charge in [-0.2, -0.15) is 0 Å². The molecule has 0 amide bonds. The maximum atomic E-state index is 5.39. The maximum absolute atomic E-state index is 5.39. The van der Waals surface area contributed by atoms with E-state index in [2.05, 4.69) is 6.58 Å². The highest BCUT2D eigenvalue weighted by Crippen LogP contribution is 2.23. The average molecular weight is 154 g/mol. The molecule has 0 spiro atoms. The molecule has 0 radical (unpaired) electrons. The third kappa shape index (κ3) is 3.45. The summed E-state index contributed by atoms with van der Waals surface area (Å²) in [4.78, 5) is 0. The summed E-state index contributed by atoms with van der Waals surface area (Å²) in [6.07, 6.45) is 6.92. The number of hydrogen-bond donors (Lipinski definition) is 0. The van der Waals surface area contributed by atoms with Crippen LogP contribution in [0.2, 0.25) is 0 Å². The summed E-state index contributed by atoms with van der Waals surface area (Å²) < 4.78 is 5.39. The molecule has 0 unspecified atom stereocenters. The SMILES string of the molecule is C=C(C)OCC1CCCCC1. The molecule has 1 aliphatic carbocycles. The Labute approximate surface area is 69.4 Å². The largest absolute Gasteiger partial charge is 0.499 e. The van der Waals surface area contributed by atoms with Crippen molar-refractivity contribution < 1.29 is 4.74 Å². The Morgan fingerprint density at radius 1 is 1.36 bits per heavy atom. The van der Waals surface area contributed by atoms with Crippen LogP contribution < -0.4 is 0 Å². The van der Waals surface area contributed by atoms with Crippen LogP contribution >= 0.6 is 0 Å². The summed E-state index contributed by atoms with van der Waals surface area (Å²) in [5, 5.41) is 0. The first kappa shape index (κ1) is 8.63. The molecule has 0 aliphatic heterocycles. The number of hydrogen-bond acceptors (Lipinski definition) is 1. The van der Waals surface area contributed by atoms with Crippen LogP contribution in [0.3, 0.4) is 0 Å². The summed E-state index contributed by atoms with van der Waals surface area (Å²) in [6.45, 7) is 6.53. The first-order valence-corrected chi connectivity index (χ1v) is 4.57. The molecule has 0 saturated heterocycles. The predicted molar refractivity (Wildman–Crippen MR) is 47.3 cm³/mol. The topological polar surface area (TPSA) is 9.23 Å². The van der Waals surface area contributed by atoms with Crippen molar-refractivity contribution in [2.24, 2.45) is 5.92 Å². The molecule has 11 heavy (non-hydrogen) atoms. The van der Waals surface area contributed by atoms with Crippen molar-refractivity contribution in [3.8, 4) is 0 Å². The zero-order valence-electron chi connectivity index (χ0n) is 7.44. The molecule has 0 bridgehead atoms. The zero-order valence-corrected chi connectivity index (χ0v) is 7.44. The Bertz CT molecular complexity index is 123. The Morgan fingerprint density at radius 3 is 2.55 bits per heavy atom. The van der Waals surface area contributed by atoms with E-state index in [0.717, 1.165) is 18.3 Å². The fraction of sp³-hybridized carbons (Fsp3) is 0.800. The molecular formula is C10H18O. The Balaban J connectivity index is 2.09. The molecule has 1 heteroatoms. The fourth-order valence-corrected chi connectivity index (χ4v) is 1.61. The average Bonchev–Trinajstić information content (AvgIpc) is 2.03. The number of rotatable bonds is 3. The third-order valence-electron chi connectivity index (χ3n) is 2.29. The number of allylic oxidation sites excluding steroid dienone is 1. The van der Waals surface area contributed by atoms with Gasteiger partial charge < -0.3 is 4.74 Å².